The minimum Gasteiger partial charge on any atom is -0.493 e. The van der Waals surface area contributed by atoms with Crippen molar-refractivity contribution < 1.29 is 14.6 Å². The molecule has 2 N–H and O–H groups in total. The molecule has 0 aliphatic carbocycles. The predicted octanol–water partition coefficient (Wildman–Crippen LogP) is 1.95. The zero-order valence-electron chi connectivity index (χ0n) is 12.0. The van der Waals surface area contributed by atoms with Gasteiger partial charge >= 0.3 is 0 Å². The van der Waals surface area contributed by atoms with E-state index in [0.717, 1.165) is 25.2 Å². The molecule has 1 saturated heterocycles. The summed E-state index contributed by atoms with van der Waals surface area (Å²) in [5, 5.41) is 13.9. The van der Waals surface area contributed by atoms with Crippen LogP contribution in [0.2, 0.25) is 0 Å². The highest BCUT2D eigenvalue weighted by molar-refractivity contribution is 5.43. The van der Waals surface area contributed by atoms with E-state index in [0.29, 0.717) is 26.2 Å². The number of rotatable bonds is 3. The van der Waals surface area contributed by atoms with Gasteiger partial charge in [-0.2, -0.15) is 0 Å². The second-order valence-electron chi connectivity index (χ2n) is 5.94. The van der Waals surface area contributed by atoms with Crippen LogP contribution >= 0.6 is 0 Å². The first-order valence-corrected chi connectivity index (χ1v) is 7.44. The van der Waals surface area contributed by atoms with Gasteiger partial charge in [-0.3, -0.25) is 0 Å². The van der Waals surface area contributed by atoms with Gasteiger partial charge in [-0.15, -0.1) is 0 Å². The van der Waals surface area contributed by atoms with Crippen molar-refractivity contribution in [2.75, 3.05) is 26.4 Å². The lowest BCUT2D eigenvalue weighted by Crippen LogP contribution is -2.42. The van der Waals surface area contributed by atoms with Gasteiger partial charge in [-0.05, 0) is 25.3 Å². The number of nitrogens with one attached hydrogen (secondary N) is 1. The van der Waals surface area contributed by atoms with E-state index in [1.165, 1.54) is 11.1 Å². The summed E-state index contributed by atoms with van der Waals surface area (Å²) in [5.41, 5.74) is 1.68. The van der Waals surface area contributed by atoms with E-state index in [1.807, 2.05) is 0 Å². The number of hydrogen-bond acceptors (Lipinski definition) is 4. The van der Waals surface area contributed by atoms with Gasteiger partial charge in [-0.25, -0.2) is 0 Å². The van der Waals surface area contributed by atoms with Crippen LogP contribution in [0.15, 0.2) is 18.2 Å². The quantitative estimate of drug-likeness (QED) is 0.886. The number of aliphatic hydroxyl groups is 1. The molecule has 1 aromatic rings. The number of benzene rings is 1. The molecule has 0 amide bonds. The van der Waals surface area contributed by atoms with Crippen molar-refractivity contribution in [1.82, 2.24) is 5.32 Å². The molecular formula is C16H23NO3. The van der Waals surface area contributed by atoms with Crippen LogP contribution in [0.1, 0.15) is 36.4 Å². The zero-order chi connectivity index (χ0) is 14.0. The van der Waals surface area contributed by atoms with Gasteiger partial charge in [0.15, 0.2) is 0 Å². The summed E-state index contributed by atoms with van der Waals surface area (Å²) < 4.78 is 11.2. The van der Waals surface area contributed by atoms with E-state index in [1.54, 1.807) is 0 Å². The standard InChI is InChI=1S/C16H23NO3/c1-12-4-2-5-13-14(6-3-8-20-15(12)13)17-10-16(18)7-9-19-11-16/h2,4-5,14,17-18H,3,6-11H2,1H3. The summed E-state index contributed by atoms with van der Waals surface area (Å²) in [6, 6.07) is 6.53. The molecule has 3 rings (SSSR count). The Morgan fingerprint density at radius 1 is 1.40 bits per heavy atom. The van der Waals surface area contributed by atoms with E-state index in [-0.39, 0.29) is 6.04 Å². The van der Waals surface area contributed by atoms with Crippen molar-refractivity contribution in [1.29, 1.82) is 0 Å². The molecule has 20 heavy (non-hydrogen) atoms. The molecule has 4 nitrogen and oxygen atoms in total. The highest BCUT2D eigenvalue weighted by atomic mass is 16.5. The summed E-state index contributed by atoms with van der Waals surface area (Å²) in [7, 11) is 0. The first-order chi connectivity index (χ1) is 9.68. The van der Waals surface area contributed by atoms with Crippen LogP contribution in [0.25, 0.3) is 0 Å². The van der Waals surface area contributed by atoms with Crippen LogP contribution < -0.4 is 10.1 Å². The smallest absolute Gasteiger partial charge is 0.126 e. The third-order valence-corrected chi connectivity index (χ3v) is 4.26. The fourth-order valence-electron chi connectivity index (χ4n) is 3.03. The van der Waals surface area contributed by atoms with Crippen LogP contribution in [0, 0.1) is 6.92 Å². The fourth-order valence-corrected chi connectivity index (χ4v) is 3.03. The van der Waals surface area contributed by atoms with Gasteiger partial charge in [0.2, 0.25) is 0 Å². The lowest BCUT2D eigenvalue weighted by atomic mass is 9.97. The van der Waals surface area contributed by atoms with Crippen molar-refractivity contribution in [3.05, 3.63) is 29.3 Å². The normalized spacial score (nSPS) is 29.6. The largest absolute Gasteiger partial charge is 0.493 e. The molecule has 110 valence electrons. The highest BCUT2D eigenvalue weighted by Gasteiger charge is 2.33. The molecule has 1 fully saturated rings. The van der Waals surface area contributed by atoms with Crippen molar-refractivity contribution in [3.63, 3.8) is 0 Å². The molecule has 0 saturated carbocycles. The van der Waals surface area contributed by atoms with Gasteiger partial charge < -0.3 is 19.9 Å². The number of fused-ring (bicyclic) bond motifs is 1. The zero-order valence-corrected chi connectivity index (χ0v) is 12.0. The Kier molecular flexibility index (Phi) is 3.96. The van der Waals surface area contributed by atoms with Crippen molar-refractivity contribution in [2.24, 2.45) is 0 Å². The Balaban J connectivity index is 1.75. The van der Waals surface area contributed by atoms with Crippen LogP contribution in [-0.4, -0.2) is 37.1 Å². The van der Waals surface area contributed by atoms with Gasteiger partial charge in [0.25, 0.3) is 0 Å². The van der Waals surface area contributed by atoms with E-state index in [4.69, 9.17) is 9.47 Å². The summed E-state index contributed by atoms with van der Waals surface area (Å²) in [4.78, 5) is 0. The van der Waals surface area contributed by atoms with Crippen molar-refractivity contribution in [3.8, 4) is 5.75 Å². The summed E-state index contributed by atoms with van der Waals surface area (Å²) in [5.74, 6) is 1.01. The Hall–Kier alpha value is -1.10. The van der Waals surface area contributed by atoms with E-state index < -0.39 is 5.60 Å². The number of para-hydroxylation sites is 1. The lowest BCUT2D eigenvalue weighted by Gasteiger charge is -2.26. The number of ether oxygens (including phenoxy) is 2. The van der Waals surface area contributed by atoms with E-state index in [2.05, 4.69) is 30.4 Å². The maximum atomic E-state index is 10.4. The van der Waals surface area contributed by atoms with E-state index >= 15 is 0 Å². The van der Waals surface area contributed by atoms with Gasteiger partial charge in [0, 0.05) is 31.2 Å². The SMILES string of the molecule is Cc1cccc2c1OCCCC2NCC1(O)CCOC1. The summed E-state index contributed by atoms with van der Waals surface area (Å²) in [6.45, 7) is 4.51. The Morgan fingerprint density at radius 2 is 2.30 bits per heavy atom. The monoisotopic (exact) mass is 277 g/mol. The average molecular weight is 277 g/mol. The average Bonchev–Trinajstić information content (AvgIpc) is 2.75. The van der Waals surface area contributed by atoms with Crippen molar-refractivity contribution in [2.45, 2.75) is 37.8 Å². The van der Waals surface area contributed by atoms with E-state index in [9.17, 15) is 5.11 Å². The second kappa shape index (κ2) is 5.72. The van der Waals surface area contributed by atoms with Gasteiger partial charge in [0.1, 0.15) is 11.4 Å². The molecule has 2 heterocycles. The van der Waals surface area contributed by atoms with Gasteiger partial charge in [-0.1, -0.05) is 18.2 Å². The molecular weight excluding hydrogens is 254 g/mol. The summed E-state index contributed by atoms with van der Waals surface area (Å²) in [6.07, 6.45) is 2.78. The first-order valence-electron chi connectivity index (χ1n) is 7.44. The minimum absolute atomic E-state index is 0.247. The first kappa shape index (κ1) is 13.9. The molecule has 2 aliphatic rings. The maximum Gasteiger partial charge on any atom is 0.126 e. The van der Waals surface area contributed by atoms with Crippen LogP contribution in [0.3, 0.4) is 0 Å². The summed E-state index contributed by atoms with van der Waals surface area (Å²) >= 11 is 0. The third kappa shape index (κ3) is 2.82. The Labute approximate surface area is 120 Å². The molecule has 2 unspecified atom stereocenters. The fraction of sp³-hybridized carbons (Fsp3) is 0.625. The van der Waals surface area contributed by atoms with Crippen LogP contribution in [0.5, 0.6) is 5.75 Å². The molecule has 2 atom stereocenters. The Bertz CT molecular complexity index is 469. The molecule has 0 bridgehead atoms. The maximum absolute atomic E-state index is 10.4. The molecule has 4 heteroatoms. The predicted molar refractivity (Wildman–Crippen MR) is 77.0 cm³/mol. The number of aryl methyl sites for hydroxylation is 1. The highest BCUT2D eigenvalue weighted by Crippen LogP contribution is 2.34. The molecule has 0 aromatic heterocycles. The second-order valence-corrected chi connectivity index (χ2v) is 5.94. The van der Waals surface area contributed by atoms with Crippen LogP contribution in [-0.2, 0) is 4.74 Å². The molecule has 1 aromatic carbocycles. The number of hydrogen-bond donors (Lipinski definition) is 2. The van der Waals surface area contributed by atoms with Gasteiger partial charge in [0.05, 0.1) is 13.2 Å². The van der Waals surface area contributed by atoms with Crippen LogP contribution in [0.4, 0.5) is 0 Å². The third-order valence-electron chi connectivity index (χ3n) is 4.26. The molecule has 0 spiro atoms. The Morgan fingerprint density at radius 3 is 3.10 bits per heavy atom. The molecule has 0 radical (unpaired) electrons. The molecule has 2 aliphatic heterocycles. The van der Waals surface area contributed by atoms with Crippen molar-refractivity contribution >= 4 is 0 Å². The minimum atomic E-state index is -0.711. The topological polar surface area (TPSA) is 50.7 Å². The lowest BCUT2D eigenvalue weighted by molar-refractivity contribution is 0.0245.